The van der Waals surface area contributed by atoms with Gasteiger partial charge in [0.15, 0.2) is 0 Å². The van der Waals surface area contributed by atoms with E-state index in [1.54, 1.807) is 36.1 Å². The van der Waals surface area contributed by atoms with Gasteiger partial charge < -0.3 is 25.4 Å². The number of hydrogen-bond acceptors (Lipinski definition) is 7. The summed E-state index contributed by atoms with van der Waals surface area (Å²) in [5.41, 5.74) is 7.31. The van der Waals surface area contributed by atoms with Gasteiger partial charge in [0.25, 0.3) is 0 Å². The number of nitrogens with two attached hydrogens (primary N) is 1. The van der Waals surface area contributed by atoms with Crippen molar-refractivity contribution in [1.29, 1.82) is 0 Å². The van der Waals surface area contributed by atoms with Gasteiger partial charge in [-0.05, 0) is 44.1 Å². The van der Waals surface area contributed by atoms with Crippen LogP contribution in [0.1, 0.15) is 70.9 Å². The average Bonchev–Trinajstić information content (AvgIpc) is 3.40. The number of rotatable bonds is 14. The predicted molar refractivity (Wildman–Crippen MR) is 148 cm³/mol. The summed E-state index contributed by atoms with van der Waals surface area (Å²) >= 11 is 0. The second kappa shape index (κ2) is 16.5. The SMILES string of the molecule is CCCCOC(=O)N=C(N)c1ccc(CNC(=O)[C@@H]2CCCN2C(=O)[C@@H](CC(C)C)NCC(=O)OCC)cc1. The van der Waals surface area contributed by atoms with Crippen molar-refractivity contribution in [1.82, 2.24) is 15.5 Å². The van der Waals surface area contributed by atoms with Crippen LogP contribution in [-0.2, 0) is 30.4 Å². The maximum absolute atomic E-state index is 13.4. The third kappa shape index (κ3) is 10.7. The molecule has 1 aliphatic rings. The van der Waals surface area contributed by atoms with Crippen LogP contribution < -0.4 is 16.4 Å². The molecule has 1 saturated heterocycles. The molecule has 0 aromatic heterocycles. The number of esters is 1. The zero-order valence-corrected chi connectivity index (χ0v) is 23.5. The maximum atomic E-state index is 13.4. The lowest BCUT2D eigenvalue weighted by atomic mass is 10.0. The first-order valence-corrected chi connectivity index (χ1v) is 13.7. The van der Waals surface area contributed by atoms with E-state index in [9.17, 15) is 19.2 Å². The summed E-state index contributed by atoms with van der Waals surface area (Å²) in [4.78, 5) is 55.3. The lowest BCUT2D eigenvalue weighted by Gasteiger charge is -2.29. The third-order valence-corrected chi connectivity index (χ3v) is 6.29. The third-order valence-electron chi connectivity index (χ3n) is 6.29. The van der Waals surface area contributed by atoms with Crippen molar-refractivity contribution < 1.29 is 28.7 Å². The van der Waals surface area contributed by atoms with Gasteiger partial charge in [-0.25, -0.2) is 4.79 Å². The number of carbonyl (C=O) groups is 4. The number of likely N-dealkylation sites (tertiary alicyclic amines) is 1. The molecule has 0 spiro atoms. The summed E-state index contributed by atoms with van der Waals surface area (Å²) in [5.74, 6) is -0.551. The number of carbonyl (C=O) groups excluding carboxylic acids is 4. The van der Waals surface area contributed by atoms with Crippen molar-refractivity contribution in [2.24, 2.45) is 16.6 Å². The van der Waals surface area contributed by atoms with Crippen LogP contribution in [-0.4, -0.2) is 73.0 Å². The van der Waals surface area contributed by atoms with Crippen LogP contribution in [0.4, 0.5) is 4.79 Å². The predicted octanol–water partition coefficient (Wildman–Crippen LogP) is 2.50. The minimum atomic E-state index is -0.723. The molecule has 11 nitrogen and oxygen atoms in total. The van der Waals surface area contributed by atoms with Crippen molar-refractivity contribution in [3.8, 4) is 0 Å². The highest BCUT2D eigenvalue weighted by molar-refractivity contribution is 6.02. The van der Waals surface area contributed by atoms with Crippen LogP contribution in [0.5, 0.6) is 0 Å². The van der Waals surface area contributed by atoms with Gasteiger partial charge in [0.2, 0.25) is 11.8 Å². The molecule has 1 aliphatic heterocycles. The van der Waals surface area contributed by atoms with Crippen molar-refractivity contribution in [3.63, 3.8) is 0 Å². The van der Waals surface area contributed by atoms with Gasteiger partial charge >= 0.3 is 12.1 Å². The molecule has 216 valence electrons. The molecule has 1 aromatic rings. The Morgan fingerprint density at radius 3 is 2.49 bits per heavy atom. The van der Waals surface area contributed by atoms with E-state index in [4.69, 9.17) is 15.2 Å². The van der Waals surface area contributed by atoms with Crippen molar-refractivity contribution in [2.45, 2.75) is 78.4 Å². The minimum absolute atomic E-state index is 0.0553. The number of hydrogen-bond donors (Lipinski definition) is 3. The summed E-state index contributed by atoms with van der Waals surface area (Å²) in [7, 11) is 0. The molecule has 0 unspecified atom stereocenters. The number of amidine groups is 1. The molecule has 3 amide bonds. The molecule has 1 heterocycles. The number of unbranched alkanes of at least 4 members (excludes halogenated alkanes) is 1. The Kier molecular flexibility index (Phi) is 13.4. The van der Waals surface area contributed by atoms with Gasteiger partial charge in [0, 0.05) is 18.7 Å². The standard InChI is InChI=1S/C28H43N5O6/c1-5-7-15-39-28(37)32-25(29)21-12-10-20(11-13-21)17-31-26(35)23-9-8-14-33(23)27(36)22(16-19(3)4)30-18-24(34)38-6-2/h10-13,19,22-23,30H,5-9,14-18H2,1-4H3,(H,31,35)(H2,29,32,37)/t22-,23+/m1/s1. The van der Waals surface area contributed by atoms with E-state index >= 15 is 0 Å². The van der Waals surface area contributed by atoms with E-state index in [0.29, 0.717) is 31.6 Å². The van der Waals surface area contributed by atoms with Gasteiger partial charge in [-0.2, -0.15) is 4.99 Å². The molecule has 1 fully saturated rings. The number of ether oxygens (including phenoxy) is 2. The van der Waals surface area contributed by atoms with E-state index in [2.05, 4.69) is 15.6 Å². The summed E-state index contributed by atoms with van der Waals surface area (Å²) in [6.07, 6.45) is 2.79. The van der Waals surface area contributed by atoms with Crippen LogP contribution >= 0.6 is 0 Å². The Morgan fingerprint density at radius 2 is 1.85 bits per heavy atom. The van der Waals surface area contributed by atoms with Crippen LogP contribution in [0.2, 0.25) is 0 Å². The smallest absolute Gasteiger partial charge is 0.435 e. The molecule has 39 heavy (non-hydrogen) atoms. The molecule has 2 rings (SSSR count). The fourth-order valence-corrected chi connectivity index (χ4v) is 4.26. The Bertz CT molecular complexity index is 995. The molecule has 0 bridgehead atoms. The first-order valence-electron chi connectivity index (χ1n) is 13.7. The van der Waals surface area contributed by atoms with E-state index in [1.807, 2.05) is 20.8 Å². The van der Waals surface area contributed by atoms with Crippen molar-refractivity contribution in [3.05, 3.63) is 35.4 Å². The summed E-state index contributed by atoms with van der Waals surface area (Å²) in [6.45, 7) is 9.00. The summed E-state index contributed by atoms with van der Waals surface area (Å²) < 4.78 is 9.96. The topological polar surface area (TPSA) is 152 Å². The molecular formula is C28H43N5O6. The lowest BCUT2D eigenvalue weighted by molar-refractivity contribution is -0.143. The molecule has 0 aliphatic carbocycles. The van der Waals surface area contributed by atoms with Gasteiger partial charge in [-0.15, -0.1) is 0 Å². The van der Waals surface area contributed by atoms with E-state index in [0.717, 1.165) is 24.8 Å². The number of nitrogens with one attached hydrogen (secondary N) is 2. The number of aliphatic imine (C=N–C) groups is 1. The average molecular weight is 546 g/mol. The van der Waals surface area contributed by atoms with Crippen molar-refractivity contribution in [2.75, 3.05) is 26.3 Å². The lowest BCUT2D eigenvalue weighted by Crippen LogP contribution is -2.53. The zero-order chi connectivity index (χ0) is 28.8. The first kappa shape index (κ1) is 31.7. The molecule has 1 aromatic carbocycles. The highest BCUT2D eigenvalue weighted by atomic mass is 16.5. The molecule has 11 heteroatoms. The molecular weight excluding hydrogens is 502 g/mol. The summed E-state index contributed by atoms with van der Waals surface area (Å²) in [5, 5.41) is 5.94. The molecule has 4 N–H and O–H groups in total. The largest absolute Gasteiger partial charge is 0.465 e. The second-order valence-electron chi connectivity index (χ2n) is 9.94. The number of nitrogens with zero attached hydrogens (tertiary/aromatic N) is 2. The highest BCUT2D eigenvalue weighted by Crippen LogP contribution is 2.20. The van der Waals surface area contributed by atoms with Gasteiger partial charge in [-0.1, -0.05) is 51.5 Å². The molecule has 0 saturated carbocycles. The quantitative estimate of drug-likeness (QED) is 0.140. The minimum Gasteiger partial charge on any atom is -0.465 e. The van der Waals surface area contributed by atoms with Crippen LogP contribution in [0.25, 0.3) is 0 Å². The number of benzene rings is 1. The van der Waals surface area contributed by atoms with E-state index < -0.39 is 24.1 Å². The zero-order valence-electron chi connectivity index (χ0n) is 23.5. The fourth-order valence-electron chi connectivity index (χ4n) is 4.26. The normalized spacial score (nSPS) is 16.2. The Morgan fingerprint density at radius 1 is 1.13 bits per heavy atom. The Labute approximate surface area is 230 Å². The molecule has 0 radical (unpaired) electrons. The van der Waals surface area contributed by atoms with Gasteiger partial charge in [-0.3, -0.25) is 19.7 Å². The van der Waals surface area contributed by atoms with Crippen LogP contribution in [0, 0.1) is 5.92 Å². The Balaban J connectivity index is 1.95. The fraction of sp³-hybridized carbons (Fsp3) is 0.607. The van der Waals surface area contributed by atoms with Crippen LogP contribution in [0.3, 0.4) is 0 Å². The van der Waals surface area contributed by atoms with Gasteiger partial charge in [0.05, 0.1) is 25.8 Å². The van der Waals surface area contributed by atoms with E-state index in [1.165, 1.54) is 0 Å². The highest BCUT2D eigenvalue weighted by Gasteiger charge is 2.37. The van der Waals surface area contributed by atoms with Crippen molar-refractivity contribution >= 4 is 29.7 Å². The number of amides is 3. The first-order chi connectivity index (χ1) is 18.7. The summed E-state index contributed by atoms with van der Waals surface area (Å²) in [6, 6.07) is 5.86. The Hall–Kier alpha value is -3.47. The second-order valence-corrected chi connectivity index (χ2v) is 9.94. The van der Waals surface area contributed by atoms with Gasteiger partial charge in [0.1, 0.15) is 11.9 Å². The monoisotopic (exact) mass is 545 g/mol. The van der Waals surface area contributed by atoms with Crippen LogP contribution in [0.15, 0.2) is 29.3 Å². The van der Waals surface area contributed by atoms with E-state index in [-0.39, 0.29) is 43.3 Å². The molecule has 2 atom stereocenters. The maximum Gasteiger partial charge on any atom is 0.435 e.